The number of hydrogen-bond donors (Lipinski definition) is 1. The van der Waals surface area contributed by atoms with Gasteiger partial charge in [0.15, 0.2) is 0 Å². The van der Waals surface area contributed by atoms with Crippen molar-refractivity contribution in [3.63, 3.8) is 0 Å². The maximum atomic E-state index is 15.6. The molecule has 0 amide bonds. The minimum atomic E-state index is -4.71. The van der Waals surface area contributed by atoms with Crippen LogP contribution in [0, 0.1) is 22.9 Å². The van der Waals surface area contributed by atoms with Crippen molar-refractivity contribution in [3.8, 4) is 17.3 Å². The van der Waals surface area contributed by atoms with Crippen molar-refractivity contribution < 1.29 is 45.7 Å². The van der Waals surface area contributed by atoms with Crippen molar-refractivity contribution in [2.45, 2.75) is 39.1 Å². The van der Waals surface area contributed by atoms with Crippen LogP contribution in [0.1, 0.15) is 52.8 Å². The highest BCUT2D eigenvalue weighted by Crippen LogP contribution is 2.41. The Kier molecular flexibility index (Phi) is 8.16. The molecule has 1 aliphatic heterocycles. The van der Waals surface area contributed by atoms with E-state index >= 15 is 8.78 Å². The summed E-state index contributed by atoms with van der Waals surface area (Å²) in [6, 6.07) is 9.20. The molecule has 0 unspecified atom stereocenters. The number of carbonyl (C=O) groups is 1. The van der Waals surface area contributed by atoms with Gasteiger partial charge >= 0.3 is 18.2 Å². The average Bonchev–Trinajstić information content (AvgIpc) is 3.54. The van der Waals surface area contributed by atoms with E-state index in [2.05, 4.69) is 15.0 Å². The van der Waals surface area contributed by atoms with Gasteiger partial charge in [0.05, 0.1) is 47.1 Å². The Morgan fingerprint density at radius 1 is 1.00 bits per heavy atom. The molecule has 1 fully saturated rings. The molecule has 3 aromatic carbocycles. The molecule has 3 heterocycles. The van der Waals surface area contributed by atoms with E-state index in [1.165, 1.54) is 24.4 Å². The van der Waals surface area contributed by atoms with E-state index in [0.29, 0.717) is 42.2 Å². The Bertz CT molecular complexity index is 2010. The third kappa shape index (κ3) is 6.37. The summed E-state index contributed by atoms with van der Waals surface area (Å²) in [4.78, 5) is 24.3. The molecule has 1 N–H and O–H groups in total. The lowest BCUT2D eigenvalue weighted by atomic mass is 9.87. The molecule has 0 aliphatic carbocycles. The molecule has 0 bridgehead atoms. The molecule has 8 nitrogen and oxygen atoms in total. The number of nitrogens with zero attached hydrogens (tertiary/aromatic N) is 4. The summed E-state index contributed by atoms with van der Waals surface area (Å²) in [5.41, 5.74) is -0.901. The van der Waals surface area contributed by atoms with Crippen LogP contribution in [0.15, 0.2) is 60.8 Å². The zero-order valence-corrected chi connectivity index (χ0v) is 24.9. The number of ether oxygens (including phenoxy) is 2. The van der Waals surface area contributed by atoms with E-state index in [1.54, 1.807) is 6.07 Å². The second-order valence-electron chi connectivity index (χ2n) is 11.8. The van der Waals surface area contributed by atoms with Crippen LogP contribution in [0.4, 0.5) is 26.3 Å². The Balaban J connectivity index is 1.28. The highest BCUT2D eigenvalue weighted by Gasteiger charge is 2.39. The van der Waals surface area contributed by atoms with Crippen molar-refractivity contribution >= 4 is 17.0 Å². The predicted molar refractivity (Wildman–Crippen MR) is 156 cm³/mol. The lowest BCUT2D eigenvalue weighted by molar-refractivity contribution is -0.137. The van der Waals surface area contributed by atoms with E-state index < -0.39 is 41.8 Å². The molecule has 6 rings (SSSR count). The fourth-order valence-electron chi connectivity index (χ4n) is 5.56. The molecule has 47 heavy (non-hydrogen) atoms. The summed E-state index contributed by atoms with van der Waals surface area (Å²) in [6.07, 6.45) is -3.62. The molecule has 1 aliphatic rings. The van der Waals surface area contributed by atoms with Gasteiger partial charge in [0.25, 0.3) is 0 Å². The Morgan fingerprint density at radius 3 is 2.45 bits per heavy atom. The van der Waals surface area contributed by atoms with Crippen LogP contribution in [0.5, 0.6) is 6.01 Å². The maximum absolute atomic E-state index is 15.6. The molecule has 5 aromatic rings. The molecule has 244 valence electrons. The highest BCUT2D eigenvalue weighted by atomic mass is 19.4. The number of hydrogen-bond acceptors (Lipinski definition) is 6. The summed E-state index contributed by atoms with van der Waals surface area (Å²) < 4.78 is 96.8. The van der Waals surface area contributed by atoms with E-state index in [-0.39, 0.29) is 51.8 Å². The summed E-state index contributed by atoms with van der Waals surface area (Å²) in [7, 11) is 0. The number of rotatable bonds is 8. The number of fused-ring (bicyclic) bond motifs is 1. The van der Waals surface area contributed by atoms with Gasteiger partial charge in [0.2, 0.25) is 0 Å². The minimum Gasteiger partial charge on any atom is -0.478 e. The minimum absolute atomic E-state index is 0.0127. The normalized spacial score (nSPS) is 16.1. The van der Waals surface area contributed by atoms with Gasteiger partial charge in [-0.3, -0.25) is 0 Å². The van der Waals surface area contributed by atoms with E-state index in [4.69, 9.17) is 9.47 Å². The monoisotopic (exact) mass is 656 g/mol. The van der Waals surface area contributed by atoms with Gasteiger partial charge in [-0.25, -0.2) is 27.9 Å². The summed E-state index contributed by atoms with van der Waals surface area (Å²) in [5.74, 6) is -3.44. The van der Waals surface area contributed by atoms with Crippen LogP contribution in [0.2, 0.25) is 0 Å². The molecule has 1 atom stereocenters. The lowest BCUT2D eigenvalue weighted by Crippen LogP contribution is -2.27. The summed E-state index contributed by atoms with van der Waals surface area (Å²) in [6.45, 7) is 4.24. The number of aromatic carboxylic acids is 1. The second-order valence-corrected chi connectivity index (χ2v) is 11.8. The van der Waals surface area contributed by atoms with Crippen molar-refractivity contribution in [2.24, 2.45) is 5.41 Å². The molecular weight excluding hydrogens is 630 g/mol. The molecule has 0 spiro atoms. The SMILES string of the molecule is CC1(C)COC[C@H]1n1c(Cc2cc(F)c(-c3ccnc(OCc4ccc(C(F)(F)F)cc4F)n3)cc2F)nc2ccc(C(=O)O)cc21. The number of halogens is 6. The Labute approximate surface area is 263 Å². The topological polar surface area (TPSA) is 99.4 Å². The number of carboxylic acid groups (broad SMARTS) is 1. The molecule has 0 radical (unpaired) electrons. The second kappa shape index (κ2) is 12.0. The van der Waals surface area contributed by atoms with Gasteiger partial charge in [0, 0.05) is 29.2 Å². The van der Waals surface area contributed by atoms with E-state index in [9.17, 15) is 27.5 Å². The zero-order chi connectivity index (χ0) is 33.7. The van der Waals surface area contributed by atoms with Crippen molar-refractivity contribution in [2.75, 3.05) is 13.2 Å². The molecule has 1 saturated heterocycles. The molecule has 14 heteroatoms. The van der Waals surface area contributed by atoms with Crippen molar-refractivity contribution in [3.05, 3.63) is 106 Å². The van der Waals surface area contributed by atoms with Gasteiger partial charge in [0.1, 0.15) is 29.9 Å². The van der Waals surface area contributed by atoms with Gasteiger partial charge < -0.3 is 19.1 Å². The van der Waals surface area contributed by atoms with E-state index in [1.807, 2.05) is 18.4 Å². The van der Waals surface area contributed by atoms with Crippen molar-refractivity contribution in [1.29, 1.82) is 0 Å². The Morgan fingerprint density at radius 2 is 1.77 bits per heavy atom. The largest absolute Gasteiger partial charge is 0.478 e. The molecular formula is C33H26F6N4O4. The van der Waals surface area contributed by atoms with Gasteiger partial charge in [-0.1, -0.05) is 19.9 Å². The quantitative estimate of drug-likeness (QED) is 0.174. The van der Waals surface area contributed by atoms with Crippen LogP contribution in [0.3, 0.4) is 0 Å². The first-order valence-electron chi connectivity index (χ1n) is 14.3. The van der Waals surface area contributed by atoms with Gasteiger partial charge in [-0.2, -0.15) is 18.2 Å². The molecule has 0 saturated carbocycles. The summed E-state index contributed by atoms with van der Waals surface area (Å²) in [5, 5.41) is 9.56. The van der Waals surface area contributed by atoms with Crippen LogP contribution in [0.25, 0.3) is 22.3 Å². The fraction of sp³-hybridized carbons (Fsp3) is 0.273. The highest BCUT2D eigenvalue weighted by molar-refractivity contribution is 5.92. The zero-order valence-electron chi connectivity index (χ0n) is 24.9. The smallest absolute Gasteiger partial charge is 0.416 e. The first-order chi connectivity index (χ1) is 22.2. The maximum Gasteiger partial charge on any atom is 0.416 e. The standard InChI is InChI=1S/C33H26F6N4O4/c1-32(2)16-46-15-28(32)43-27-10-17(30(44)45)4-6-26(27)41-29(43)11-19-9-24(36)21(13-23(19)35)25-7-8-40-31(42-25)47-14-18-3-5-20(12-22(18)34)33(37,38)39/h3-10,12-13,28H,11,14-16H2,1-2H3,(H,44,45)/t28-/m1/s1. The predicted octanol–water partition coefficient (Wildman–Crippen LogP) is 7.39. The van der Waals surface area contributed by atoms with E-state index in [0.717, 1.165) is 18.2 Å². The third-order valence-corrected chi connectivity index (χ3v) is 8.10. The number of imidazole rings is 1. The van der Waals surface area contributed by atoms with Gasteiger partial charge in [-0.05, 0) is 54.1 Å². The number of benzene rings is 3. The number of carboxylic acids is 1. The first-order valence-corrected chi connectivity index (χ1v) is 14.3. The summed E-state index contributed by atoms with van der Waals surface area (Å²) >= 11 is 0. The van der Waals surface area contributed by atoms with Crippen molar-refractivity contribution in [1.82, 2.24) is 19.5 Å². The fourth-order valence-corrected chi connectivity index (χ4v) is 5.56. The number of aromatic nitrogens is 4. The van der Waals surface area contributed by atoms with Crippen LogP contribution < -0.4 is 4.74 Å². The third-order valence-electron chi connectivity index (χ3n) is 8.10. The van der Waals surface area contributed by atoms with Crippen LogP contribution >= 0.6 is 0 Å². The number of alkyl halides is 3. The van der Waals surface area contributed by atoms with Crippen LogP contribution in [-0.2, 0) is 23.9 Å². The Hall–Kier alpha value is -4.98. The van der Waals surface area contributed by atoms with Gasteiger partial charge in [-0.15, -0.1) is 0 Å². The first kappa shape index (κ1) is 32.0. The lowest BCUT2D eigenvalue weighted by Gasteiger charge is -2.28. The molecule has 2 aromatic heterocycles. The van der Waals surface area contributed by atoms with Crippen LogP contribution in [-0.4, -0.2) is 43.8 Å². The average molecular weight is 657 g/mol.